The molecule has 0 aliphatic carbocycles. The van der Waals surface area contributed by atoms with Crippen molar-refractivity contribution in [1.29, 1.82) is 0 Å². The number of imidazole rings is 1. The number of rotatable bonds is 8. The molecule has 4 rings (SSSR count). The fourth-order valence-electron chi connectivity index (χ4n) is 3.88. The van der Waals surface area contributed by atoms with Crippen LogP contribution >= 0.6 is 0 Å². The summed E-state index contributed by atoms with van der Waals surface area (Å²) in [4.78, 5) is 25.9. The molecule has 0 unspecified atom stereocenters. The summed E-state index contributed by atoms with van der Waals surface area (Å²) in [5, 5.41) is 3.44. The van der Waals surface area contributed by atoms with Crippen LogP contribution in [0.4, 0.5) is 17.2 Å². The normalized spacial score (nSPS) is 11.6. The SMILES string of the molecule is CCN(C(=O)/C=C/CN(C)C)c1cc2c(cc1OC)nc(Nc1ccccc1C)c1cncn12. The van der Waals surface area contributed by atoms with Crippen molar-refractivity contribution in [3.8, 4) is 5.75 Å². The first-order valence-corrected chi connectivity index (χ1v) is 11.2. The predicted molar refractivity (Wildman–Crippen MR) is 137 cm³/mol. The summed E-state index contributed by atoms with van der Waals surface area (Å²) >= 11 is 0. The van der Waals surface area contributed by atoms with Crippen molar-refractivity contribution in [2.24, 2.45) is 0 Å². The van der Waals surface area contributed by atoms with Gasteiger partial charge in [0.15, 0.2) is 5.82 Å². The molecule has 0 atom stereocenters. The Morgan fingerprint density at radius 3 is 2.71 bits per heavy atom. The Morgan fingerprint density at radius 1 is 1.21 bits per heavy atom. The molecule has 0 saturated heterocycles. The summed E-state index contributed by atoms with van der Waals surface area (Å²) in [7, 11) is 5.53. The number of carbonyl (C=O) groups excluding carboxylic acids is 1. The largest absolute Gasteiger partial charge is 0.494 e. The van der Waals surface area contributed by atoms with Crippen molar-refractivity contribution < 1.29 is 9.53 Å². The van der Waals surface area contributed by atoms with E-state index in [1.165, 1.54) is 0 Å². The third kappa shape index (κ3) is 4.58. The second-order valence-corrected chi connectivity index (χ2v) is 8.31. The predicted octanol–water partition coefficient (Wildman–Crippen LogP) is 4.41. The van der Waals surface area contributed by atoms with Gasteiger partial charge in [0.25, 0.3) is 5.91 Å². The zero-order valence-corrected chi connectivity index (χ0v) is 20.2. The van der Waals surface area contributed by atoms with E-state index in [2.05, 4.69) is 23.3 Å². The van der Waals surface area contributed by atoms with Crippen molar-refractivity contribution >= 4 is 39.6 Å². The molecule has 2 aromatic carbocycles. The second-order valence-electron chi connectivity index (χ2n) is 8.31. The van der Waals surface area contributed by atoms with Crippen LogP contribution < -0.4 is 15.0 Å². The molecule has 1 N–H and O–H groups in total. The molecule has 176 valence electrons. The Hall–Kier alpha value is -3.91. The van der Waals surface area contributed by atoms with E-state index in [9.17, 15) is 4.79 Å². The van der Waals surface area contributed by atoms with Gasteiger partial charge in [-0.2, -0.15) is 0 Å². The number of fused-ring (bicyclic) bond motifs is 3. The van der Waals surface area contributed by atoms with Gasteiger partial charge in [0.2, 0.25) is 0 Å². The van der Waals surface area contributed by atoms with Gasteiger partial charge in [-0.05, 0) is 45.6 Å². The lowest BCUT2D eigenvalue weighted by Crippen LogP contribution is -2.29. The minimum atomic E-state index is -0.102. The number of aryl methyl sites for hydroxylation is 1. The molecule has 0 spiro atoms. The lowest BCUT2D eigenvalue weighted by Gasteiger charge is -2.23. The number of carbonyl (C=O) groups is 1. The molecule has 4 aromatic rings. The third-order valence-electron chi connectivity index (χ3n) is 5.65. The standard InChI is InChI=1S/C26H30N6O2/c1-6-31(25(33)12-9-13-30(3)4)22-15-21-20(14-24(22)34-5)29-26(23-16-27-17-32(21)23)28-19-11-8-7-10-18(19)2/h7-12,14-17H,6,13H2,1-5H3,(H,28,29)/b12-9+. The summed E-state index contributed by atoms with van der Waals surface area (Å²) in [6, 6.07) is 11.9. The number of anilines is 3. The summed E-state index contributed by atoms with van der Waals surface area (Å²) in [6.07, 6.45) is 7.00. The fraction of sp³-hybridized carbons (Fsp3) is 0.269. The molecule has 1 amide bonds. The minimum absolute atomic E-state index is 0.102. The number of aromatic nitrogens is 3. The first kappa shape index (κ1) is 23.3. The second kappa shape index (κ2) is 9.93. The number of nitrogens with one attached hydrogen (secondary N) is 1. The maximum Gasteiger partial charge on any atom is 0.250 e. The highest BCUT2D eigenvalue weighted by atomic mass is 16.5. The smallest absolute Gasteiger partial charge is 0.250 e. The molecular weight excluding hydrogens is 428 g/mol. The van der Waals surface area contributed by atoms with Crippen LogP contribution in [0.15, 0.2) is 61.1 Å². The molecule has 8 nitrogen and oxygen atoms in total. The molecule has 0 aliphatic heterocycles. The summed E-state index contributed by atoms with van der Waals surface area (Å²) in [6.45, 7) is 5.19. The van der Waals surface area contributed by atoms with Gasteiger partial charge >= 0.3 is 0 Å². The number of para-hydroxylation sites is 1. The number of hydrogen-bond acceptors (Lipinski definition) is 6. The number of amides is 1. The van der Waals surface area contributed by atoms with Crippen molar-refractivity contribution in [2.45, 2.75) is 13.8 Å². The van der Waals surface area contributed by atoms with Gasteiger partial charge in [0.05, 0.1) is 36.4 Å². The average molecular weight is 459 g/mol. The fourth-order valence-corrected chi connectivity index (χ4v) is 3.88. The molecule has 0 radical (unpaired) electrons. The van der Waals surface area contributed by atoms with Crippen LogP contribution in [0, 0.1) is 6.92 Å². The summed E-state index contributed by atoms with van der Waals surface area (Å²) in [5.41, 5.74) is 5.19. The van der Waals surface area contributed by atoms with E-state index in [1.807, 2.05) is 66.7 Å². The zero-order valence-electron chi connectivity index (χ0n) is 20.2. The number of hydrogen-bond donors (Lipinski definition) is 1. The van der Waals surface area contributed by atoms with Crippen LogP contribution in [0.5, 0.6) is 5.75 Å². The Labute approximate surface area is 199 Å². The van der Waals surface area contributed by atoms with E-state index in [1.54, 1.807) is 30.6 Å². The number of likely N-dealkylation sites (N-methyl/N-ethyl adjacent to an activating group) is 2. The first-order valence-electron chi connectivity index (χ1n) is 11.2. The van der Waals surface area contributed by atoms with Crippen molar-refractivity contribution in [3.05, 3.63) is 66.6 Å². The van der Waals surface area contributed by atoms with E-state index in [4.69, 9.17) is 9.72 Å². The third-order valence-corrected chi connectivity index (χ3v) is 5.65. The van der Waals surface area contributed by atoms with Crippen LogP contribution in [0.25, 0.3) is 16.6 Å². The molecule has 0 fully saturated rings. The van der Waals surface area contributed by atoms with E-state index in [0.717, 1.165) is 27.8 Å². The average Bonchev–Trinajstić information content (AvgIpc) is 3.31. The van der Waals surface area contributed by atoms with Crippen LogP contribution in [0.1, 0.15) is 12.5 Å². The van der Waals surface area contributed by atoms with Gasteiger partial charge < -0.3 is 19.9 Å². The number of nitrogens with zero attached hydrogens (tertiary/aromatic N) is 5. The molecule has 8 heteroatoms. The van der Waals surface area contributed by atoms with Crippen LogP contribution in [-0.2, 0) is 4.79 Å². The van der Waals surface area contributed by atoms with Crippen LogP contribution in [-0.4, -0.2) is 59.5 Å². The number of benzene rings is 2. The molecule has 0 bridgehead atoms. The molecule has 2 heterocycles. The van der Waals surface area contributed by atoms with E-state index >= 15 is 0 Å². The quantitative estimate of drug-likeness (QED) is 0.394. The Kier molecular flexibility index (Phi) is 6.79. The summed E-state index contributed by atoms with van der Waals surface area (Å²) in [5.74, 6) is 1.18. The molecule has 0 saturated carbocycles. The van der Waals surface area contributed by atoms with Gasteiger partial charge in [-0.25, -0.2) is 9.97 Å². The van der Waals surface area contributed by atoms with Crippen LogP contribution in [0.3, 0.4) is 0 Å². The highest BCUT2D eigenvalue weighted by molar-refractivity contribution is 6.04. The Balaban J connectivity index is 1.81. The van der Waals surface area contributed by atoms with Gasteiger partial charge in [-0.3, -0.25) is 9.20 Å². The van der Waals surface area contributed by atoms with Crippen molar-refractivity contribution in [2.75, 3.05) is 44.5 Å². The monoisotopic (exact) mass is 458 g/mol. The molecular formula is C26H30N6O2. The van der Waals surface area contributed by atoms with Gasteiger partial charge in [0, 0.05) is 30.9 Å². The first-order chi connectivity index (χ1) is 16.4. The highest BCUT2D eigenvalue weighted by Gasteiger charge is 2.20. The van der Waals surface area contributed by atoms with Crippen LogP contribution in [0.2, 0.25) is 0 Å². The Bertz CT molecular complexity index is 1360. The topological polar surface area (TPSA) is 75.0 Å². The number of ether oxygens (including phenoxy) is 1. The Morgan fingerprint density at radius 2 is 2.00 bits per heavy atom. The van der Waals surface area contributed by atoms with E-state index < -0.39 is 0 Å². The molecule has 0 aliphatic rings. The lowest BCUT2D eigenvalue weighted by atomic mass is 10.2. The number of methoxy groups -OCH3 is 1. The van der Waals surface area contributed by atoms with Crippen molar-refractivity contribution in [1.82, 2.24) is 19.3 Å². The zero-order chi connectivity index (χ0) is 24.2. The maximum atomic E-state index is 13.0. The van der Waals surface area contributed by atoms with E-state index in [0.29, 0.717) is 30.3 Å². The van der Waals surface area contributed by atoms with Crippen molar-refractivity contribution in [3.63, 3.8) is 0 Å². The minimum Gasteiger partial charge on any atom is -0.494 e. The van der Waals surface area contributed by atoms with E-state index in [-0.39, 0.29) is 5.91 Å². The summed E-state index contributed by atoms with van der Waals surface area (Å²) < 4.78 is 7.67. The van der Waals surface area contributed by atoms with Gasteiger partial charge in [0.1, 0.15) is 11.3 Å². The lowest BCUT2D eigenvalue weighted by molar-refractivity contribution is -0.114. The maximum absolute atomic E-state index is 13.0. The van der Waals surface area contributed by atoms with Gasteiger partial charge in [-0.15, -0.1) is 0 Å². The molecule has 34 heavy (non-hydrogen) atoms. The van der Waals surface area contributed by atoms with Gasteiger partial charge in [-0.1, -0.05) is 24.3 Å². The highest BCUT2D eigenvalue weighted by Crippen LogP contribution is 2.35. The molecule has 2 aromatic heterocycles.